The molecule has 3 nitrogen and oxygen atoms in total. The van der Waals surface area contributed by atoms with Gasteiger partial charge in [0, 0.05) is 24.5 Å². The smallest absolute Gasteiger partial charge is 0.251 e. The summed E-state index contributed by atoms with van der Waals surface area (Å²) < 4.78 is 24.9. The summed E-state index contributed by atoms with van der Waals surface area (Å²) in [6.45, 7) is 3.70. The van der Waals surface area contributed by atoms with Crippen molar-refractivity contribution < 1.29 is 8.78 Å². The van der Waals surface area contributed by atoms with E-state index in [9.17, 15) is 8.78 Å². The van der Waals surface area contributed by atoms with Crippen LogP contribution < -0.4 is 10.6 Å². The lowest BCUT2D eigenvalue weighted by molar-refractivity contribution is 0.0338. The number of halogens is 2. The number of likely N-dealkylation sites (tertiary alicyclic amines) is 1. The minimum atomic E-state index is -2.21. The molecule has 0 aliphatic carbocycles. The molecule has 0 amide bonds. The van der Waals surface area contributed by atoms with Crippen molar-refractivity contribution in [1.29, 1.82) is 0 Å². The first kappa shape index (κ1) is 15.5. The van der Waals surface area contributed by atoms with E-state index in [0.29, 0.717) is 5.41 Å². The molecule has 0 radical (unpaired) electrons. The van der Waals surface area contributed by atoms with E-state index < -0.39 is 6.43 Å². The number of anilines is 2. The topological polar surface area (TPSA) is 32.5 Å². The third-order valence-electron chi connectivity index (χ3n) is 5.40. The molecule has 22 heavy (non-hydrogen) atoms. The van der Waals surface area contributed by atoms with Crippen LogP contribution in [0.4, 0.5) is 20.2 Å². The van der Waals surface area contributed by atoms with Gasteiger partial charge < -0.3 is 10.6 Å². The molecule has 0 aromatic heterocycles. The fourth-order valence-electron chi connectivity index (χ4n) is 3.83. The Morgan fingerprint density at radius 2 is 1.50 bits per heavy atom. The van der Waals surface area contributed by atoms with Gasteiger partial charge >= 0.3 is 0 Å². The highest BCUT2D eigenvalue weighted by atomic mass is 19.3. The SMILES string of the molecule is Nc1ccc(N2CCC3(CCN(CC(F)F)CC3)CC2)cc1. The predicted octanol–water partition coefficient (Wildman–Crippen LogP) is 3.22. The van der Waals surface area contributed by atoms with E-state index in [2.05, 4.69) is 17.0 Å². The Balaban J connectivity index is 1.52. The van der Waals surface area contributed by atoms with Crippen molar-refractivity contribution in [3.63, 3.8) is 0 Å². The van der Waals surface area contributed by atoms with E-state index in [1.807, 2.05) is 17.0 Å². The fraction of sp³-hybridized carbons (Fsp3) is 0.647. The van der Waals surface area contributed by atoms with Gasteiger partial charge in [-0.2, -0.15) is 0 Å². The molecule has 2 aliphatic rings. The summed E-state index contributed by atoms with van der Waals surface area (Å²) >= 11 is 0. The van der Waals surface area contributed by atoms with E-state index in [1.165, 1.54) is 18.5 Å². The largest absolute Gasteiger partial charge is 0.399 e. The molecular weight excluding hydrogens is 284 g/mol. The summed E-state index contributed by atoms with van der Waals surface area (Å²) in [6, 6.07) is 8.06. The molecule has 1 spiro atoms. The van der Waals surface area contributed by atoms with Gasteiger partial charge in [0.15, 0.2) is 0 Å². The van der Waals surface area contributed by atoms with Crippen molar-refractivity contribution >= 4 is 11.4 Å². The second-order valence-corrected chi connectivity index (χ2v) is 6.77. The molecule has 2 fully saturated rings. The van der Waals surface area contributed by atoms with Crippen molar-refractivity contribution in [1.82, 2.24) is 4.90 Å². The summed E-state index contributed by atoms with van der Waals surface area (Å²) in [5.41, 5.74) is 8.15. The van der Waals surface area contributed by atoms with E-state index in [4.69, 9.17) is 5.73 Å². The van der Waals surface area contributed by atoms with Gasteiger partial charge in [-0.05, 0) is 68.5 Å². The van der Waals surface area contributed by atoms with Crippen LogP contribution in [0.5, 0.6) is 0 Å². The Morgan fingerprint density at radius 3 is 2.05 bits per heavy atom. The Kier molecular flexibility index (Phi) is 4.52. The van der Waals surface area contributed by atoms with Gasteiger partial charge in [-0.15, -0.1) is 0 Å². The number of benzene rings is 1. The predicted molar refractivity (Wildman–Crippen MR) is 86.4 cm³/mol. The minimum Gasteiger partial charge on any atom is -0.399 e. The van der Waals surface area contributed by atoms with Gasteiger partial charge in [-0.1, -0.05) is 0 Å². The number of alkyl halides is 2. The Morgan fingerprint density at radius 1 is 0.955 bits per heavy atom. The monoisotopic (exact) mass is 309 g/mol. The van der Waals surface area contributed by atoms with E-state index in [0.717, 1.165) is 44.7 Å². The van der Waals surface area contributed by atoms with Gasteiger partial charge in [0.05, 0.1) is 6.54 Å². The van der Waals surface area contributed by atoms with Crippen LogP contribution in [0, 0.1) is 5.41 Å². The molecule has 2 saturated heterocycles. The molecule has 2 heterocycles. The van der Waals surface area contributed by atoms with E-state index in [1.54, 1.807) is 0 Å². The average Bonchev–Trinajstić information content (AvgIpc) is 2.51. The molecule has 0 atom stereocenters. The maximum absolute atomic E-state index is 12.5. The molecule has 0 bridgehead atoms. The summed E-state index contributed by atoms with van der Waals surface area (Å²) in [7, 11) is 0. The zero-order chi connectivity index (χ0) is 15.6. The third kappa shape index (κ3) is 3.51. The number of hydrogen-bond donors (Lipinski definition) is 1. The van der Waals surface area contributed by atoms with Gasteiger partial charge in [-0.3, -0.25) is 4.90 Å². The van der Waals surface area contributed by atoms with Crippen molar-refractivity contribution in [2.75, 3.05) is 43.4 Å². The van der Waals surface area contributed by atoms with Crippen LogP contribution in [-0.2, 0) is 0 Å². The second-order valence-electron chi connectivity index (χ2n) is 6.77. The van der Waals surface area contributed by atoms with Crippen molar-refractivity contribution in [3.8, 4) is 0 Å². The number of nitrogens with two attached hydrogens (primary N) is 1. The summed E-state index contributed by atoms with van der Waals surface area (Å²) in [6.07, 6.45) is 2.26. The normalized spacial score (nSPS) is 22.4. The lowest BCUT2D eigenvalue weighted by Crippen LogP contribution is -2.47. The van der Waals surface area contributed by atoms with Crippen LogP contribution in [-0.4, -0.2) is 44.0 Å². The van der Waals surface area contributed by atoms with E-state index >= 15 is 0 Å². The molecule has 2 aliphatic heterocycles. The lowest BCUT2D eigenvalue weighted by Gasteiger charge is -2.47. The molecule has 1 aromatic carbocycles. The van der Waals surface area contributed by atoms with E-state index in [-0.39, 0.29) is 6.54 Å². The highest BCUT2D eigenvalue weighted by Gasteiger charge is 2.37. The molecule has 0 unspecified atom stereocenters. The van der Waals surface area contributed by atoms with Crippen molar-refractivity contribution in [3.05, 3.63) is 24.3 Å². The highest BCUT2D eigenvalue weighted by molar-refractivity contribution is 5.53. The Hall–Kier alpha value is -1.36. The van der Waals surface area contributed by atoms with Crippen molar-refractivity contribution in [2.24, 2.45) is 5.41 Å². The van der Waals surface area contributed by atoms with Crippen LogP contribution in [0.15, 0.2) is 24.3 Å². The molecule has 0 saturated carbocycles. The first-order valence-corrected chi connectivity index (χ1v) is 8.17. The van der Waals surface area contributed by atoms with Gasteiger partial charge in [0.25, 0.3) is 6.43 Å². The summed E-state index contributed by atoms with van der Waals surface area (Å²) in [5, 5.41) is 0. The van der Waals surface area contributed by atoms with Crippen molar-refractivity contribution in [2.45, 2.75) is 32.1 Å². The van der Waals surface area contributed by atoms with Crippen LogP contribution in [0.2, 0.25) is 0 Å². The maximum Gasteiger partial charge on any atom is 0.251 e. The summed E-state index contributed by atoms with van der Waals surface area (Å²) in [5.74, 6) is 0. The quantitative estimate of drug-likeness (QED) is 0.870. The molecule has 122 valence electrons. The highest BCUT2D eigenvalue weighted by Crippen LogP contribution is 2.42. The lowest BCUT2D eigenvalue weighted by atomic mass is 9.71. The maximum atomic E-state index is 12.5. The van der Waals surface area contributed by atoms with Crippen LogP contribution >= 0.6 is 0 Å². The van der Waals surface area contributed by atoms with Crippen LogP contribution in [0.3, 0.4) is 0 Å². The number of nitrogen functional groups attached to an aromatic ring is 1. The standard InChI is InChI=1S/C17H25F2N3/c18-16(19)13-21-9-5-17(6-10-21)7-11-22(12-8-17)15-3-1-14(20)2-4-15/h1-4,16H,5-13,20H2. The Bertz CT molecular complexity index is 471. The molecule has 2 N–H and O–H groups in total. The average molecular weight is 309 g/mol. The molecule has 5 heteroatoms. The molecular formula is C17H25F2N3. The third-order valence-corrected chi connectivity index (χ3v) is 5.40. The summed E-state index contributed by atoms with van der Waals surface area (Å²) in [4.78, 5) is 4.33. The number of piperidine rings is 2. The number of nitrogens with zero attached hydrogens (tertiary/aromatic N) is 2. The fourth-order valence-corrected chi connectivity index (χ4v) is 3.83. The van der Waals surface area contributed by atoms with Crippen LogP contribution in [0.25, 0.3) is 0 Å². The molecule has 1 aromatic rings. The number of rotatable bonds is 3. The molecule has 3 rings (SSSR count). The van der Waals surface area contributed by atoms with Gasteiger partial charge in [0.2, 0.25) is 0 Å². The number of hydrogen-bond acceptors (Lipinski definition) is 3. The van der Waals surface area contributed by atoms with Gasteiger partial charge in [-0.25, -0.2) is 8.78 Å². The Labute approximate surface area is 131 Å². The zero-order valence-corrected chi connectivity index (χ0v) is 13.0. The first-order chi connectivity index (χ1) is 10.6. The van der Waals surface area contributed by atoms with Gasteiger partial charge in [0.1, 0.15) is 0 Å². The zero-order valence-electron chi connectivity index (χ0n) is 13.0. The van der Waals surface area contributed by atoms with Crippen LogP contribution in [0.1, 0.15) is 25.7 Å². The minimum absolute atomic E-state index is 0.0619. The second kappa shape index (κ2) is 6.41. The first-order valence-electron chi connectivity index (χ1n) is 8.17.